The standard InChI is InChI=1S/C15H14N4O3S/c1-9(23-15-18-12(20)7-13(19-15)22-2)14(21)17-11-6-4-3-5-10(11)8-16/h3-7,9H,1-2H3,(H,17,21)(H,18,19,20). The minimum Gasteiger partial charge on any atom is -0.481 e. The Morgan fingerprint density at radius 2 is 2.22 bits per heavy atom. The second-order valence-electron chi connectivity index (χ2n) is 4.50. The fourth-order valence-electron chi connectivity index (χ4n) is 1.72. The van der Waals surface area contributed by atoms with E-state index in [1.54, 1.807) is 31.2 Å². The number of hydrogen-bond acceptors (Lipinski definition) is 6. The van der Waals surface area contributed by atoms with E-state index in [1.165, 1.54) is 13.2 Å². The smallest absolute Gasteiger partial charge is 0.255 e. The van der Waals surface area contributed by atoms with Crippen LogP contribution in [0.1, 0.15) is 12.5 Å². The number of nitrogens with one attached hydrogen (secondary N) is 2. The molecular weight excluding hydrogens is 316 g/mol. The van der Waals surface area contributed by atoms with Gasteiger partial charge in [0, 0.05) is 0 Å². The number of methoxy groups -OCH3 is 1. The van der Waals surface area contributed by atoms with E-state index < -0.39 is 5.25 Å². The zero-order valence-electron chi connectivity index (χ0n) is 12.5. The average Bonchev–Trinajstić information content (AvgIpc) is 2.54. The van der Waals surface area contributed by atoms with Gasteiger partial charge in [0.1, 0.15) is 6.07 Å². The summed E-state index contributed by atoms with van der Waals surface area (Å²) in [6, 6.07) is 9.96. The molecule has 0 spiro atoms. The van der Waals surface area contributed by atoms with E-state index in [0.29, 0.717) is 11.3 Å². The Kier molecular flexibility index (Phi) is 5.38. The van der Waals surface area contributed by atoms with E-state index >= 15 is 0 Å². The number of aromatic nitrogens is 2. The molecule has 0 aliphatic heterocycles. The quantitative estimate of drug-likeness (QED) is 0.639. The van der Waals surface area contributed by atoms with Gasteiger partial charge >= 0.3 is 0 Å². The first-order valence-corrected chi connectivity index (χ1v) is 7.53. The van der Waals surface area contributed by atoms with Crippen molar-refractivity contribution < 1.29 is 9.53 Å². The summed E-state index contributed by atoms with van der Waals surface area (Å²) in [6.45, 7) is 1.68. The van der Waals surface area contributed by atoms with Crippen molar-refractivity contribution in [3.63, 3.8) is 0 Å². The second-order valence-corrected chi connectivity index (χ2v) is 5.83. The lowest BCUT2D eigenvalue weighted by Crippen LogP contribution is -2.23. The zero-order chi connectivity index (χ0) is 16.8. The number of amides is 1. The van der Waals surface area contributed by atoms with Gasteiger partial charge in [0.05, 0.1) is 29.7 Å². The summed E-state index contributed by atoms with van der Waals surface area (Å²) < 4.78 is 4.92. The Morgan fingerprint density at radius 3 is 2.91 bits per heavy atom. The fraction of sp³-hybridized carbons (Fsp3) is 0.200. The van der Waals surface area contributed by atoms with E-state index in [2.05, 4.69) is 15.3 Å². The summed E-state index contributed by atoms with van der Waals surface area (Å²) in [6.07, 6.45) is 0. The van der Waals surface area contributed by atoms with Crippen molar-refractivity contribution in [1.82, 2.24) is 9.97 Å². The molecule has 2 N–H and O–H groups in total. The zero-order valence-corrected chi connectivity index (χ0v) is 13.3. The summed E-state index contributed by atoms with van der Waals surface area (Å²) in [4.78, 5) is 30.3. The van der Waals surface area contributed by atoms with Gasteiger partial charge in [0.25, 0.3) is 5.56 Å². The van der Waals surface area contributed by atoms with Crippen LogP contribution in [0.15, 0.2) is 40.3 Å². The summed E-state index contributed by atoms with van der Waals surface area (Å²) >= 11 is 1.09. The minimum absolute atomic E-state index is 0.179. The van der Waals surface area contributed by atoms with E-state index in [1.807, 2.05) is 6.07 Å². The van der Waals surface area contributed by atoms with Crippen LogP contribution < -0.4 is 15.6 Å². The monoisotopic (exact) mass is 330 g/mol. The highest BCUT2D eigenvalue weighted by molar-refractivity contribution is 8.00. The number of benzene rings is 1. The molecule has 0 aliphatic rings. The van der Waals surface area contributed by atoms with E-state index in [4.69, 9.17) is 10.00 Å². The molecule has 0 radical (unpaired) electrons. The van der Waals surface area contributed by atoms with Gasteiger partial charge in [-0.3, -0.25) is 9.59 Å². The number of carbonyl (C=O) groups is 1. The van der Waals surface area contributed by atoms with Crippen molar-refractivity contribution in [3.8, 4) is 11.9 Å². The maximum absolute atomic E-state index is 12.2. The number of ether oxygens (including phenoxy) is 1. The molecule has 0 aliphatic carbocycles. The van der Waals surface area contributed by atoms with Crippen LogP contribution in [0.3, 0.4) is 0 Å². The third-order valence-corrected chi connectivity index (χ3v) is 3.85. The lowest BCUT2D eigenvalue weighted by atomic mass is 10.2. The van der Waals surface area contributed by atoms with Gasteiger partial charge in [-0.15, -0.1) is 0 Å². The topological polar surface area (TPSA) is 108 Å². The van der Waals surface area contributed by atoms with Crippen LogP contribution in [0, 0.1) is 11.3 Å². The van der Waals surface area contributed by atoms with Gasteiger partial charge < -0.3 is 15.0 Å². The van der Waals surface area contributed by atoms with Crippen molar-refractivity contribution in [2.45, 2.75) is 17.3 Å². The average molecular weight is 330 g/mol. The molecule has 1 atom stereocenters. The fourth-order valence-corrected chi connectivity index (χ4v) is 2.52. The molecule has 1 aromatic carbocycles. The summed E-state index contributed by atoms with van der Waals surface area (Å²) in [5.74, 6) is -0.123. The third kappa shape index (κ3) is 4.34. The van der Waals surface area contributed by atoms with Crippen LogP contribution in [0.5, 0.6) is 5.88 Å². The Balaban J connectivity index is 2.10. The first-order chi connectivity index (χ1) is 11.0. The highest BCUT2D eigenvalue weighted by Gasteiger charge is 2.17. The molecular formula is C15H14N4O3S. The predicted molar refractivity (Wildman–Crippen MR) is 86.5 cm³/mol. The number of thioether (sulfide) groups is 1. The summed E-state index contributed by atoms with van der Waals surface area (Å²) in [7, 11) is 1.41. The van der Waals surface area contributed by atoms with Crippen molar-refractivity contribution >= 4 is 23.4 Å². The molecule has 0 saturated heterocycles. The Morgan fingerprint density at radius 1 is 1.48 bits per heavy atom. The maximum atomic E-state index is 12.2. The second kappa shape index (κ2) is 7.47. The van der Waals surface area contributed by atoms with Gasteiger partial charge in [0.15, 0.2) is 5.16 Å². The maximum Gasteiger partial charge on any atom is 0.255 e. The predicted octanol–water partition coefficient (Wildman–Crippen LogP) is 1.77. The highest BCUT2D eigenvalue weighted by atomic mass is 32.2. The van der Waals surface area contributed by atoms with E-state index in [-0.39, 0.29) is 22.5 Å². The van der Waals surface area contributed by atoms with Gasteiger partial charge in [-0.25, -0.2) is 0 Å². The highest BCUT2D eigenvalue weighted by Crippen LogP contribution is 2.22. The number of rotatable bonds is 5. The number of carbonyl (C=O) groups excluding carboxylic acids is 1. The molecule has 1 unspecified atom stereocenters. The van der Waals surface area contributed by atoms with E-state index in [0.717, 1.165) is 11.8 Å². The first kappa shape index (κ1) is 16.6. The van der Waals surface area contributed by atoms with Crippen molar-refractivity contribution in [2.75, 3.05) is 12.4 Å². The van der Waals surface area contributed by atoms with Crippen LogP contribution in [-0.2, 0) is 4.79 Å². The molecule has 0 fully saturated rings. The summed E-state index contributed by atoms with van der Waals surface area (Å²) in [5.41, 5.74) is 0.465. The number of aromatic amines is 1. The Labute approximate surface area is 136 Å². The minimum atomic E-state index is -0.531. The number of nitriles is 1. The number of anilines is 1. The van der Waals surface area contributed by atoms with E-state index in [9.17, 15) is 9.59 Å². The molecule has 1 amide bonds. The van der Waals surface area contributed by atoms with Gasteiger partial charge in [-0.1, -0.05) is 23.9 Å². The molecule has 118 valence electrons. The van der Waals surface area contributed by atoms with Gasteiger partial charge in [0.2, 0.25) is 11.8 Å². The molecule has 2 aromatic rings. The molecule has 0 saturated carbocycles. The van der Waals surface area contributed by atoms with Crippen LogP contribution in [0.2, 0.25) is 0 Å². The largest absolute Gasteiger partial charge is 0.481 e. The van der Waals surface area contributed by atoms with Crippen molar-refractivity contribution in [3.05, 3.63) is 46.2 Å². The van der Waals surface area contributed by atoms with Crippen LogP contribution in [0.4, 0.5) is 5.69 Å². The lowest BCUT2D eigenvalue weighted by Gasteiger charge is -2.12. The Hall–Kier alpha value is -2.79. The number of H-pyrrole nitrogens is 1. The molecule has 23 heavy (non-hydrogen) atoms. The van der Waals surface area contributed by atoms with Crippen molar-refractivity contribution in [1.29, 1.82) is 5.26 Å². The van der Waals surface area contributed by atoms with Crippen LogP contribution >= 0.6 is 11.8 Å². The number of nitrogens with zero attached hydrogens (tertiary/aromatic N) is 2. The Bertz CT molecular complexity index is 813. The number of para-hydroxylation sites is 1. The molecule has 1 heterocycles. The van der Waals surface area contributed by atoms with Crippen LogP contribution in [0.25, 0.3) is 0 Å². The molecule has 1 aromatic heterocycles. The number of hydrogen-bond donors (Lipinski definition) is 2. The SMILES string of the molecule is COc1cc(=O)[nH]c(SC(C)C(=O)Nc2ccccc2C#N)n1. The van der Waals surface area contributed by atoms with Crippen molar-refractivity contribution in [2.24, 2.45) is 0 Å². The summed E-state index contributed by atoms with van der Waals surface area (Å²) in [5, 5.41) is 11.5. The third-order valence-electron chi connectivity index (χ3n) is 2.87. The lowest BCUT2D eigenvalue weighted by molar-refractivity contribution is -0.115. The molecule has 0 bridgehead atoms. The molecule has 2 rings (SSSR count). The molecule has 8 heteroatoms. The van der Waals surface area contributed by atoms with Gasteiger partial charge in [-0.05, 0) is 19.1 Å². The normalized spacial score (nSPS) is 11.3. The first-order valence-electron chi connectivity index (χ1n) is 6.65. The molecule has 7 nitrogen and oxygen atoms in total. The van der Waals surface area contributed by atoms with Crippen LogP contribution in [-0.4, -0.2) is 28.2 Å². The van der Waals surface area contributed by atoms with Gasteiger partial charge in [-0.2, -0.15) is 10.2 Å².